The average Bonchev–Trinajstić information content (AvgIpc) is 3.53. The number of nitrogens with one attached hydrogen (secondary N) is 1. The lowest BCUT2D eigenvalue weighted by Gasteiger charge is -2.39. The Kier molecular flexibility index (Phi) is 4.83. The van der Waals surface area contributed by atoms with Crippen LogP contribution in [0.2, 0.25) is 0 Å². The minimum Gasteiger partial charge on any atom is -0.504 e. The van der Waals surface area contributed by atoms with Gasteiger partial charge in [0.1, 0.15) is 10.7 Å². The van der Waals surface area contributed by atoms with Gasteiger partial charge in [-0.05, 0) is 30.6 Å². The van der Waals surface area contributed by atoms with Gasteiger partial charge in [0.25, 0.3) is 0 Å². The van der Waals surface area contributed by atoms with E-state index in [1.54, 1.807) is 30.2 Å². The number of aryl methyl sites for hydroxylation is 1. The van der Waals surface area contributed by atoms with Crippen molar-refractivity contribution in [3.63, 3.8) is 0 Å². The molecule has 5 aliphatic rings. The predicted molar refractivity (Wildman–Crippen MR) is 139 cm³/mol. The average molecular weight is 536 g/mol. The molecule has 1 saturated heterocycles. The van der Waals surface area contributed by atoms with Gasteiger partial charge in [-0.3, -0.25) is 14.8 Å². The normalized spacial score (nSPS) is 25.0. The Bertz CT molecular complexity index is 1670. The third kappa shape index (κ3) is 3.09. The number of phenols is 1. The molecule has 1 fully saturated rings. The molecule has 1 aromatic heterocycles. The first-order valence-corrected chi connectivity index (χ1v) is 13.6. The zero-order valence-corrected chi connectivity index (χ0v) is 21.4. The molecule has 7 rings (SSSR count). The Morgan fingerprint density at radius 1 is 1.43 bits per heavy atom. The van der Waals surface area contributed by atoms with Crippen LogP contribution in [0.15, 0.2) is 43.3 Å². The molecule has 1 aliphatic carbocycles. The van der Waals surface area contributed by atoms with Gasteiger partial charge >= 0.3 is 5.97 Å². The van der Waals surface area contributed by atoms with Crippen LogP contribution in [0.4, 0.5) is 11.4 Å². The molecule has 37 heavy (non-hydrogen) atoms. The summed E-state index contributed by atoms with van der Waals surface area (Å²) in [7, 11) is 1.83. The van der Waals surface area contributed by atoms with Gasteiger partial charge in [0.2, 0.25) is 0 Å². The van der Waals surface area contributed by atoms with Crippen LogP contribution >= 0.6 is 23.5 Å². The molecule has 10 nitrogen and oxygen atoms in total. The number of carboxylic acids is 1. The van der Waals surface area contributed by atoms with Crippen molar-refractivity contribution >= 4 is 58.4 Å². The van der Waals surface area contributed by atoms with E-state index in [4.69, 9.17) is 4.99 Å². The van der Waals surface area contributed by atoms with Crippen molar-refractivity contribution in [2.45, 2.75) is 41.1 Å². The first-order valence-electron chi connectivity index (χ1n) is 11.9. The van der Waals surface area contributed by atoms with Crippen molar-refractivity contribution in [1.82, 2.24) is 9.55 Å². The van der Waals surface area contributed by atoms with E-state index >= 15 is 0 Å². The summed E-state index contributed by atoms with van der Waals surface area (Å²) in [6.07, 6.45) is 8.51. The van der Waals surface area contributed by atoms with Crippen LogP contribution in [-0.4, -0.2) is 55.7 Å². The molecule has 2 bridgehead atoms. The van der Waals surface area contributed by atoms with Gasteiger partial charge in [0, 0.05) is 40.4 Å². The first kappa shape index (κ1) is 22.8. The molecule has 12 heteroatoms. The predicted octanol–water partition coefficient (Wildman–Crippen LogP) is 0.522. The minimum absolute atomic E-state index is 0.0401. The monoisotopic (exact) mass is 535 g/mol. The molecule has 188 valence electrons. The number of carbonyl (C=O) groups excluding carboxylic acids is 1. The summed E-state index contributed by atoms with van der Waals surface area (Å²) in [6, 6.07) is -0.826. The van der Waals surface area contributed by atoms with Crippen molar-refractivity contribution in [3.8, 4) is 5.75 Å². The number of aliphatic carboxylic acids is 1. The van der Waals surface area contributed by atoms with Crippen LogP contribution in [-0.2, 0) is 28.5 Å². The second-order valence-corrected chi connectivity index (χ2v) is 12.1. The number of carboxylic acid groups (broad SMARTS) is 1. The molecule has 5 heterocycles. The summed E-state index contributed by atoms with van der Waals surface area (Å²) < 4.78 is 1.81. The van der Waals surface area contributed by atoms with Gasteiger partial charge in [0.15, 0.2) is 17.6 Å². The van der Waals surface area contributed by atoms with E-state index in [1.807, 2.05) is 17.8 Å². The van der Waals surface area contributed by atoms with E-state index in [-0.39, 0.29) is 23.3 Å². The largest absolute Gasteiger partial charge is 0.504 e. The lowest BCUT2D eigenvalue weighted by Crippen LogP contribution is -2.66. The number of fused-ring (bicyclic) bond motifs is 3. The Labute approximate surface area is 219 Å². The summed E-state index contributed by atoms with van der Waals surface area (Å²) in [6.45, 7) is 0.631. The number of anilines is 1. The molecule has 6 N–H and O–H groups in total. The number of aromatic hydroxyl groups is 1. The number of thioether (sulfide) groups is 2. The zero-order chi connectivity index (χ0) is 25.6. The summed E-state index contributed by atoms with van der Waals surface area (Å²) in [5, 5.41) is 26.6. The Morgan fingerprint density at radius 3 is 3.08 bits per heavy atom. The van der Waals surface area contributed by atoms with Gasteiger partial charge in [-0.25, -0.2) is 9.78 Å². The van der Waals surface area contributed by atoms with Crippen molar-refractivity contribution in [2.75, 3.05) is 11.9 Å². The fourth-order valence-electron chi connectivity index (χ4n) is 5.90. The number of rotatable bonds is 5. The van der Waals surface area contributed by atoms with Crippen LogP contribution in [0.1, 0.15) is 24.1 Å². The van der Waals surface area contributed by atoms with E-state index in [0.717, 1.165) is 43.6 Å². The van der Waals surface area contributed by atoms with E-state index in [0.29, 0.717) is 29.4 Å². The van der Waals surface area contributed by atoms with Crippen molar-refractivity contribution in [1.29, 1.82) is 0 Å². The topological polar surface area (TPSA) is 157 Å². The number of ketones is 1. The fourth-order valence-corrected chi connectivity index (χ4v) is 8.76. The molecule has 3 atom stereocenters. The highest BCUT2D eigenvalue weighted by Gasteiger charge is 2.56. The molecular weight excluding hydrogens is 512 g/mol. The Morgan fingerprint density at radius 2 is 2.27 bits per heavy atom. The molecular formula is C25H23N6O4S2+. The third-order valence-corrected chi connectivity index (χ3v) is 10.2. The summed E-state index contributed by atoms with van der Waals surface area (Å²) in [5.74, 6) is -0.965. The third-order valence-electron chi connectivity index (χ3n) is 7.64. The lowest BCUT2D eigenvalue weighted by atomic mass is 9.71. The maximum Gasteiger partial charge on any atom is 0.362 e. The van der Waals surface area contributed by atoms with Crippen LogP contribution < -0.4 is 21.6 Å². The zero-order valence-electron chi connectivity index (χ0n) is 19.8. The fraction of sp³-hybridized carbons (Fsp3) is 0.320. The van der Waals surface area contributed by atoms with E-state index in [2.05, 4.69) is 21.0 Å². The molecule has 2 aromatic rings. The van der Waals surface area contributed by atoms with E-state index in [1.165, 1.54) is 11.8 Å². The smallest absolute Gasteiger partial charge is 0.362 e. The van der Waals surface area contributed by atoms with Crippen LogP contribution in [0.25, 0.3) is 5.57 Å². The first-order chi connectivity index (χ1) is 17.8. The second-order valence-electron chi connectivity index (χ2n) is 9.81. The number of phenolic OH excluding ortho intramolecular Hbond substituents is 1. The molecule has 0 saturated carbocycles. The number of hydrogen-bond acceptors (Lipinski definition) is 9. The number of carbonyl (C=O) groups is 2. The number of hydrogen-bond donors (Lipinski definition) is 4. The molecule has 4 aliphatic heterocycles. The summed E-state index contributed by atoms with van der Waals surface area (Å²) >= 11 is 2.99. The highest BCUT2D eigenvalue weighted by molar-refractivity contribution is 8.05. The molecule has 1 aromatic carbocycles. The van der Waals surface area contributed by atoms with Gasteiger partial charge in [-0.2, -0.15) is 0 Å². The highest BCUT2D eigenvalue weighted by Crippen LogP contribution is 2.65. The number of aliphatic imine (C=N–C) groups is 1. The molecule has 0 amide bonds. The maximum absolute atomic E-state index is 12.9. The van der Waals surface area contributed by atoms with Crippen molar-refractivity contribution < 1.29 is 25.5 Å². The Balaban J connectivity index is 1.44. The van der Waals surface area contributed by atoms with Crippen molar-refractivity contribution in [3.05, 3.63) is 50.1 Å². The van der Waals surface area contributed by atoms with Crippen LogP contribution in [0, 0.1) is 0 Å². The minimum atomic E-state index is -0.977. The number of quaternary nitrogens is 1. The van der Waals surface area contributed by atoms with Gasteiger partial charge in [0.05, 0.1) is 40.3 Å². The molecule has 1 spiro atoms. The summed E-state index contributed by atoms with van der Waals surface area (Å²) in [5.41, 5.74) is 6.97. The quantitative estimate of drug-likeness (QED) is 0.404. The van der Waals surface area contributed by atoms with Crippen LogP contribution in [0.5, 0.6) is 5.75 Å². The van der Waals surface area contributed by atoms with Crippen molar-refractivity contribution in [2.24, 2.45) is 17.0 Å². The van der Waals surface area contributed by atoms with E-state index in [9.17, 15) is 19.8 Å². The lowest BCUT2D eigenvalue weighted by molar-refractivity contribution is -0.407. The van der Waals surface area contributed by atoms with E-state index < -0.39 is 17.4 Å². The number of allylic oxidation sites excluding steroid dienone is 4. The SMILES string of the molecule is Cn1cnc(SC2=CC(=O)C=C3S[C@H]4C[C@@]23c2c(c(O)c3c5c2=NCCC=5C=N3)N4)c1C[C@H]([NH3+])C(=O)O. The second kappa shape index (κ2) is 7.83. The van der Waals surface area contributed by atoms with Gasteiger partial charge in [-0.1, -0.05) is 11.8 Å². The van der Waals surface area contributed by atoms with Crippen LogP contribution in [0.3, 0.4) is 0 Å². The number of imidazole rings is 1. The van der Waals surface area contributed by atoms with Gasteiger partial charge in [-0.15, -0.1) is 11.8 Å². The van der Waals surface area contributed by atoms with Gasteiger partial charge < -0.3 is 25.8 Å². The number of benzene rings is 1. The molecule has 0 unspecified atom stereocenters. The highest BCUT2D eigenvalue weighted by atomic mass is 32.2. The Hall–Kier alpha value is -3.35. The molecule has 0 radical (unpaired) electrons. The number of aromatic nitrogens is 2. The standard InChI is InChI=1S/C25H22N6O4S2/c1-31-9-29-23(13(31)6-12(26)24(34)35)37-15-5-11(32)4-14-25(15)7-16(36-14)30-21-18(25)19-17-10(2-3-27-19)8-28-20(17)22(21)33/h4-5,8-9,12,16,30,33H,2-3,6-7,26H2,1H3,(H,34,35)/p+1/t12-,16-,25-/m0/s1. The summed E-state index contributed by atoms with van der Waals surface area (Å²) in [4.78, 5) is 40.2. The number of nitrogens with zero attached hydrogens (tertiary/aromatic N) is 4. The maximum atomic E-state index is 12.9.